The lowest BCUT2D eigenvalue weighted by Gasteiger charge is -2.10. The molecule has 4 N–H and O–H groups in total. The van der Waals surface area contributed by atoms with Gasteiger partial charge in [0.05, 0.1) is 5.69 Å². The van der Waals surface area contributed by atoms with Crippen molar-refractivity contribution >= 4 is 29.4 Å². The molecule has 1 aromatic heterocycles. The van der Waals surface area contributed by atoms with Gasteiger partial charge >= 0.3 is 6.36 Å². The van der Waals surface area contributed by atoms with Crippen LogP contribution < -0.4 is 20.9 Å². The lowest BCUT2D eigenvalue weighted by Crippen LogP contribution is -2.22. The summed E-state index contributed by atoms with van der Waals surface area (Å²) < 4.78 is 42.6. The molecule has 0 spiro atoms. The number of nitrogens with one attached hydrogen (secondary N) is 2. The molecule has 0 radical (unpaired) electrons. The van der Waals surface area contributed by atoms with Gasteiger partial charge in [-0.05, 0) is 72.2 Å². The van der Waals surface area contributed by atoms with Crippen LogP contribution >= 0.6 is 0 Å². The van der Waals surface area contributed by atoms with Crippen molar-refractivity contribution in [3.8, 4) is 11.4 Å². The molecule has 0 aliphatic rings. The summed E-state index contributed by atoms with van der Waals surface area (Å²) in [6.45, 7) is 1.76. The molecule has 1 heterocycles. The fourth-order valence-corrected chi connectivity index (χ4v) is 3.28. The quantitative estimate of drug-likeness (QED) is 0.325. The first-order valence-corrected chi connectivity index (χ1v) is 10.7. The van der Waals surface area contributed by atoms with E-state index in [1.807, 2.05) is 0 Å². The van der Waals surface area contributed by atoms with Crippen molar-refractivity contribution in [3.05, 3.63) is 89.5 Å². The molecule has 10 nitrogen and oxygen atoms in total. The zero-order valence-corrected chi connectivity index (χ0v) is 19.2. The standard InChI is InChI=1S/C24H18F3N7O3/c1-14-4-2-3-5-19(14)21(36)29-22-31-23(30-20(35)15-6-8-16(32-28)9-7-15)34(33-22)17-10-12-18(13-11-17)37-24(25,26)27/h2-13,28H,1H3,(H2,29,30,31,33,35,36)/p+1. The summed E-state index contributed by atoms with van der Waals surface area (Å²) in [5, 5.41) is 12.9. The van der Waals surface area contributed by atoms with E-state index in [4.69, 9.17) is 5.53 Å². The van der Waals surface area contributed by atoms with Gasteiger partial charge in [-0.25, -0.2) is 0 Å². The highest BCUT2D eigenvalue weighted by atomic mass is 19.4. The molecule has 0 unspecified atom stereocenters. The second-order valence-corrected chi connectivity index (χ2v) is 7.61. The van der Waals surface area contributed by atoms with Gasteiger partial charge in [-0.1, -0.05) is 18.2 Å². The zero-order valence-electron chi connectivity index (χ0n) is 19.2. The van der Waals surface area contributed by atoms with Crippen LogP contribution in [0.3, 0.4) is 0 Å². The number of amides is 2. The Morgan fingerprint density at radius 2 is 1.62 bits per heavy atom. The smallest absolute Gasteiger partial charge is 0.406 e. The molecule has 0 aliphatic carbocycles. The maximum Gasteiger partial charge on any atom is 0.573 e. The summed E-state index contributed by atoms with van der Waals surface area (Å²) in [6, 6.07) is 17.7. The number of hydrogen-bond donors (Lipinski definition) is 3. The fraction of sp³-hybridized carbons (Fsp3) is 0.0833. The maximum absolute atomic E-state index is 12.8. The number of nitrogens with two attached hydrogens (primary N) is 1. The highest BCUT2D eigenvalue weighted by Gasteiger charge is 2.31. The van der Waals surface area contributed by atoms with E-state index in [9.17, 15) is 22.8 Å². The summed E-state index contributed by atoms with van der Waals surface area (Å²) in [6.07, 6.45) is -4.85. The number of nitrogens with zero attached hydrogens (tertiary/aromatic N) is 4. The van der Waals surface area contributed by atoms with E-state index in [0.29, 0.717) is 11.3 Å². The molecule has 4 aromatic rings. The van der Waals surface area contributed by atoms with Crippen LogP contribution in [-0.2, 0) is 0 Å². The van der Waals surface area contributed by atoms with Gasteiger partial charge < -0.3 is 4.74 Å². The molecule has 0 saturated heterocycles. The van der Waals surface area contributed by atoms with Crippen LogP contribution in [0.25, 0.3) is 5.69 Å². The van der Waals surface area contributed by atoms with E-state index in [1.165, 1.54) is 36.4 Å². The number of benzene rings is 3. The topological polar surface area (TPSA) is 136 Å². The van der Waals surface area contributed by atoms with Crippen LogP contribution in [0.4, 0.5) is 30.8 Å². The number of carbonyl (C=O) groups is 2. The Labute approximate surface area is 207 Å². The average Bonchev–Trinajstić information content (AvgIpc) is 3.25. The van der Waals surface area contributed by atoms with Crippen molar-refractivity contribution < 1.29 is 33.0 Å². The number of carbonyl (C=O) groups excluding carboxylic acids is 2. The second-order valence-electron chi connectivity index (χ2n) is 7.61. The molecule has 37 heavy (non-hydrogen) atoms. The molecule has 2 amide bonds. The molecule has 0 bridgehead atoms. The minimum absolute atomic E-state index is 0.0952. The lowest BCUT2D eigenvalue weighted by atomic mass is 10.1. The van der Waals surface area contributed by atoms with Gasteiger partial charge in [-0.15, -0.1) is 18.3 Å². The Hall–Kier alpha value is -5.07. The Balaban J connectivity index is 1.65. The summed E-state index contributed by atoms with van der Waals surface area (Å²) >= 11 is 0. The molecule has 3 aromatic carbocycles. The predicted octanol–water partition coefficient (Wildman–Crippen LogP) is 3.82. The lowest BCUT2D eigenvalue weighted by molar-refractivity contribution is -0.274. The van der Waals surface area contributed by atoms with E-state index in [-0.39, 0.29) is 23.1 Å². The van der Waals surface area contributed by atoms with Crippen LogP contribution in [-0.4, -0.2) is 32.9 Å². The van der Waals surface area contributed by atoms with Crippen LogP contribution in [0.5, 0.6) is 5.75 Å². The van der Waals surface area contributed by atoms with E-state index in [0.717, 1.165) is 22.4 Å². The van der Waals surface area contributed by atoms with Crippen molar-refractivity contribution in [2.45, 2.75) is 13.3 Å². The van der Waals surface area contributed by atoms with E-state index < -0.39 is 23.9 Å². The number of rotatable bonds is 7. The SMILES string of the molecule is Cc1ccccc1C(=O)Nc1nc(NC(=O)c2ccc(N=[NH2+])cc2)n(-c2ccc(OC(F)(F)F)cc2)n1. The van der Waals surface area contributed by atoms with Crippen LogP contribution in [0, 0.1) is 6.92 Å². The monoisotopic (exact) mass is 510 g/mol. The highest BCUT2D eigenvalue weighted by Crippen LogP contribution is 2.25. The Morgan fingerprint density at radius 1 is 0.946 bits per heavy atom. The molecule has 4 rings (SSSR count). The first-order chi connectivity index (χ1) is 17.6. The van der Waals surface area contributed by atoms with Gasteiger partial charge in [0.2, 0.25) is 5.95 Å². The third-order valence-corrected chi connectivity index (χ3v) is 5.04. The van der Waals surface area contributed by atoms with Crippen molar-refractivity contribution in [2.75, 3.05) is 10.6 Å². The van der Waals surface area contributed by atoms with Crippen molar-refractivity contribution in [3.63, 3.8) is 0 Å². The summed E-state index contributed by atoms with van der Waals surface area (Å²) in [5.41, 5.74) is 7.29. The molecule has 0 aliphatic heterocycles. The maximum atomic E-state index is 12.8. The van der Waals surface area contributed by atoms with Crippen LogP contribution in [0.15, 0.2) is 77.9 Å². The number of halogens is 3. The Morgan fingerprint density at radius 3 is 2.24 bits per heavy atom. The number of alkyl halides is 3. The minimum atomic E-state index is -4.85. The number of anilines is 2. The molecule has 0 atom stereocenters. The largest absolute Gasteiger partial charge is 0.573 e. The number of aromatic nitrogens is 3. The van der Waals surface area contributed by atoms with Gasteiger partial charge in [0, 0.05) is 11.1 Å². The van der Waals surface area contributed by atoms with Crippen molar-refractivity contribution in [1.29, 1.82) is 0 Å². The predicted molar refractivity (Wildman–Crippen MR) is 126 cm³/mol. The molecular weight excluding hydrogens is 491 g/mol. The Bertz CT molecular complexity index is 1450. The van der Waals surface area contributed by atoms with Gasteiger partial charge in [0.15, 0.2) is 0 Å². The average molecular weight is 510 g/mol. The summed E-state index contributed by atoms with van der Waals surface area (Å²) in [7, 11) is 0. The van der Waals surface area contributed by atoms with Gasteiger partial charge in [-0.2, -0.15) is 15.2 Å². The Kier molecular flexibility index (Phi) is 6.95. The molecule has 0 fully saturated rings. The van der Waals surface area contributed by atoms with Crippen LogP contribution in [0.2, 0.25) is 0 Å². The summed E-state index contributed by atoms with van der Waals surface area (Å²) in [5.74, 6) is -1.73. The van der Waals surface area contributed by atoms with Crippen LogP contribution in [0.1, 0.15) is 26.3 Å². The molecule has 0 saturated carbocycles. The number of ether oxygens (including phenoxy) is 1. The minimum Gasteiger partial charge on any atom is -0.406 e. The second kappa shape index (κ2) is 10.3. The van der Waals surface area contributed by atoms with Gasteiger partial charge in [-0.3, -0.25) is 20.2 Å². The third kappa shape index (κ3) is 6.14. The van der Waals surface area contributed by atoms with Gasteiger partial charge in [0.1, 0.15) is 11.4 Å². The van der Waals surface area contributed by atoms with Gasteiger partial charge in [0.25, 0.3) is 17.8 Å². The highest BCUT2D eigenvalue weighted by molar-refractivity contribution is 6.05. The van der Waals surface area contributed by atoms with Crippen molar-refractivity contribution in [2.24, 2.45) is 5.11 Å². The summed E-state index contributed by atoms with van der Waals surface area (Å²) in [4.78, 5) is 29.8. The van der Waals surface area contributed by atoms with E-state index in [1.54, 1.807) is 31.2 Å². The van der Waals surface area contributed by atoms with Crippen molar-refractivity contribution in [1.82, 2.24) is 14.8 Å². The first-order valence-electron chi connectivity index (χ1n) is 10.7. The molecule has 188 valence electrons. The molecular formula is C24H19F3N7O3+. The van der Waals surface area contributed by atoms with E-state index >= 15 is 0 Å². The number of aryl methyl sites for hydroxylation is 1. The first kappa shape index (κ1) is 25.0. The number of hydrogen-bond acceptors (Lipinski definition) is 6. The van der Waals surface area contributed by atoms with E-state index in [2.05, 4.69) is 30.6 Å². The normalized spacial score (nSPS) is 11.0. The zero-order chi connectivity index (χ0) is 26.6. The fourth-order valence-electron chi connectivity index (χ4n) is 3.28. The molecule has 13 heteroatoms. The third-order valence-electron chi connectivity index (χ3n) is 5.04.